The SMILES string of the molecule is Cc1cn([C@@H]2O[C@@]3(CO)C(=O)N(C)OC2C3O)c(=O)[nH]c1=O. The molecule has 2 saturated heterocycles. The van der Waals surface area contributed by atoms with Gasteiger partial charge in [-0.3, -0.25) is 24.0 Å². The van der Waals surface area contributed by atoms with Gasteiger partial charge in [-0.15, -0.1) is 0 Å². The van der Waals surface area contributed by atoms with Crippen LogP contribution in [0.5, 0.6) is 0 Å². The molecule has 10 nitrogen and oxygen atoms in total. The normalized spacial score (nSPS) is 34.3. The third-order valence-electron chi connectivity index (χ3n) is 3.98. The molecule has 1 aromatic rings. The molecule has 0 radical (unpaired) electrons. The van der Waals surface area contributed by atoms with Crippen molar-refractivity contribution in [2.45, 2.75) is 31.0 Å². The Kier molecular flexibility index (Phi) is 3.22. The molecule has 1 aromatic heterocycles. The van der Waals surface area contributed by atoms with Crippen LogP contribution in [0.3, 0.4) is 0 Å². The molecule has 2 bridgehead atoms. The van der Waals surface area contributed by atoms with Crippen molar-refractivity contribution in [2.24, 2.45) is 0 Å². The molecule has 10 heteroatoms. The maximum Gasteiger partial charge on any atom is 0.330 e. The monoisotopic (exact) mass is 313 g/mol. The summed E-state index contributed by atoms with van der Waals surface area (Å²) < 4.78 is 6.53. The standard InChI is InChI=1S/C12H15N3O7/c1-5-3-15(11(20)13-8(5)18)9-6-7(17)12(4-16,21-9)10(19)14(2)22-6/h3,6-7,9,16-17H,4H2,1-2H3,(H,13,18,20)/t6?,7?,9-,12-/m1/s1. The van der Waals surface area contributed by atoms with Crippen molar-refractivity contribution in [1.29, 1.82) is 0 Å². The molecule has 2 unspecified atom stereocenters. The molecule has 1 amide bonds. The molecule has 4 atom stereocenters. The van der Waals surface area contributed by atoms with Crippen LogP contribution in [0.4, 0.5) is 0 Å². The number of hydroxylamine groups is 2. The third-order valence-corrected chi connectivity index (χ3v) is 3.98. The Morgan fingerprint density at radius 3 is 2.73 bits per heavy atom. The highest BCUT2D eigenvalue weighted by molar-refractivity contribution is 5.86. The van der Waals surface area contributed by atoms with Gasteiger partial charge in [-0.2, -0.15) is 0 Å². The molecule has 2 aliphatic rings. The number of fused-ring (bicyclic) bond motifs is 2. The van der Waals surface area contributed by atoms with Crippen LogP contribution in [0, 0.1) is 6.92 Å². The van der Waals surface area contributed by atoms with Gasteiger partial charge >= 0.3 is 5.69 Å². The number of hydrogen-bond donors (Lipinski definition) is 3. The maximum absolute atomic E-state index is 12.1. The van der Waals surface area contributed by atoms with Gasteiger partial charge in [0.25, 0.3) is 11.5 Å². The molecule has 2 fully saturated rings. The highest BCUT2D eigenvalue weighted by Crippen LogP contribution is 2.43. The molecule has 3 rings (SSSR count). The number of amides is 1. The summed E-state index contributed by atoms with van der Waals surface area (Å²) in [7, 11) is 1.32. The first kappa shape index (κ1) is 14.9. The summed E-state index contributed by atoms with van der Waals surface area (Å²) >= 11 is 0. The number of H-pyrrole nitrogens is 1. The first-order chi connectivity index (χ1) is 10.3. The lowest BCUT2D eigenvalue weighted by Crippen LogP contribution is -2.62. The topological polar surface area (TPSA) is 134 Å². The second kappa shape index (κ2) is 4.74. The zero-order valence-electron chi connectivity index (χ0n) is 11.8. The van der Waals surface area contributed by atoms with Gasteiger partial charge in [0.15, 0.2) is 12.3 Å². The van der Waals surface area contributed by atoms with E-state index in [2.05, 4.69) is 4.98 Å². The van der Waals surface area contributed by atoms with Crippen LogP contribution < -0.4 is 11.2 Å². The zero-order chi connectivity index (χ0) is 16.2. The summed E-state index contributed by atoms with van der Waals surface area (Å²) in [6.07, 6.45) is -2.46. The largest absolute Gasteiger partial charge is 0.393 e. The van der Waals surface area contributed by atoms with E-state index in [0.29, 0.717) is 0 Å². The molecule has 3 heterocycles. The predicted octanol–water partition coefficient (Wildman–Crippen LogP) is -2.76. The zero-order valence-corrected chi connectivity index (χ0v) is 11.8. The summed E-state index contributed by atoms with van der Waals surface area (Å²) in [4.78, 5) is 42.9. The maximum atomic E-state index is 12.1. The fourth-order valence-electron chi connectivity index (χ4n) is 2.75. The second-order valence-electron chi connectivity index (χ2n) is 5.35. The van der Waals surface area contributed by atoms with Crippen LogP contribution in [-0.2, 0) is 14.4 Å². The third kappa shape index (κ3) is 1.78. The predicted molar refractivity (Wildman–Crippen MR) is 69.6 cm³/mol. The van der Waals surface area contributed by atoms with Gasteiger partial charge in [0.1, 0.15) is 6.10 Å². The summed E-state index contributed by atoms with van der Waals surface area (Å²) in [6.45, 7) is 0.719. The number of nitrogens with one attached hydrogen (secondary N) is 1. The number of ether oxygens (including phenoxy) is 1. The Morgan fingerprint density at radius 2 is 2.09 bits per heavy atom. The number of likely N-dealkylation sites (N-methyl/N-ethyl adjacent to an activating group) is 1. The molecule has 22 heavy (non-hydrogen) atoms. The van der Waals surface area contributed by atoms with Crippen molar-refractivity contribution in [3.05, 3.63) is 32.6 Å². The number of aliphatic hydroxyl groups is 2. The van der Waals surface area contributed by atoms with Crippen molar-refractivity contribution in [3.8, 4) is 0 Å². The van der Waals surface area contributed by atoms with E-state index < -0.39 is 47.8 Å². The van der Waals surface area contributed by atoms with Crippen LogP contribution >= 0.6 is 0 Å². The highest BCUT2D eigenvalue weighted by atomic mass is 16.7. The number of hydrogen-bond acceptors (Lipinski definition) is 7. The number of aromatic amines is 1. The Balaban J connectivity index is 2.12. The molecule has 0 saturated carbocycles. The Morgan fingerprint density at radius 1 is 1.41 bits per heavy atom. The fourth-order valence-corrected chi connectivity index (χ4v) is 2.75. The van der Waals surface area contributed by atoms with Crippen LogP contribution in [0.25, 0.3) is 0 Å². The lowest BCUT2D eigenvalue weighted by molar-refractivity contribution is -0.245. The molecule has 0 aromatic carbocycles. The van der Waals surface area contributed by atoms with Gasteiger partial charge in [0.05, 0.1) is 6.61 Å². The van der Waals surface area contributed by atoms with Gasteiger partial charge in [0.2, 0.25) is 5.60 Å². The van der Waals surface area contributed by atoms with Crippen molar-refractivity contribution < 1.29 is 24.6 Å². The number of aromatic nitrogens is 2. The Labute approximate surface area is 123 Å². The molecular formula is C12H15N3O7. The first-order valence-corrected chi connectivity index (χ1v) is 6.55. The van der Waals surface area contributed by atoms with E-state index in [0.717, 1.165) is 9.63 Å². The van der Waals surface area contributed by atoms with E-state index in [1.807, 2.05) is 0 Å². The molecule has 2 aliphatic heterocycles. The molecule has 0 spiro atoms. The summed E-state index contributed by atoms with van der Waals surface area (Å²) in [5.74, 6) is -0.754. The van der Waals surface area contributed by atoms with Gasteiger partial charge in [-0.05, 0) is 6.92 Å². The van der Waals surface area contributed by atoms with E-state index in [9.17, 15) is 24.6 Å². The molecule has 120 valence electrons. The second-order valence-corrected chi connectivity index (χ2v) is 5.35. The van der Waals surface area contributed by atoms with E-state index in [1.54, 1.807) is 0 Å². The Bertz CT molecular complexity index is 741. The first-order valence-electron chi connectivity index (χ1n) is 6.55. The van der Waals surface area contributed by atoms with Gasteiger partial charge in [-0.25, -0.2) is 9.86 Å². The summed E-state index contributed by atoms with van der Waals surface area (Å²) in [6, 6.07) is 0. The smallest absolute Gasteiger partial charge is 0.330 e. The highest BCUT2D eigenvalue weighted by Gasteiger charge is 2.65. The summed E-state index contributed by atoms with van der Waals surface area (Å²) in [5.41, 5.74) is -2.97. The minimum atomic E-state index is -1.90. The van der Waals surface area contributed by atoms with E-state index in [-0.39, 0.29) is 5.56 Å². The van der Waals surface area contributed by atoms with Crippen LogP contribution in [0.15, 0.2) is 15.8 Å². The average Bonchev–Trinajstić information content (AvgIpc) is 2.69. The Hall–Kier alpha value is -2.01. The molecular weight excluding hydrogens is 298 g/mol. The lowest BCUT2D eigenvalue weighted by atomic mass is 9.93. The van der Waals surface area contributed by atoms with Crippen LogP contribution in [0.2, 0.25) is 0 Å². The number of aliphatic hydroxyl groups excluding tert-OH is 2. The number of aryl methyl sites for hydroxylation is 1. The minimum absolute atomic E-state index is 0.247. The van der Waals surface area contributed by atoms with Crippen molar-refractivity contribution in [3.63, 3.8) is 0 Å². The lowest BCUT2D eigenvalue weighted by Gasteiger charge is -2.36. The van der Waals surface area contributed by atoms with Gasteiger partial charge in [-0.1, -0.05) is 0 Å². The minimum Gasteiger partial charge on any atom is -0.393 e. The van der Waals surface area contributed by atoms with Crippen LogP contribution in [0.1, 0.15) is 11.8 Å². The fraction of sp³-hybridized carbons (Fsp3) is 0.583. The summed E-state index contributed by atoms with van der Waals surface area (Å²) in [5, 5.41) is 20.6. The quantitative estimate of drug-likeness (QED) is 0.538. The van der Waals surface area contributed by atoms with Crippen molar-refractivity contribution >= 4 is 5.91 Å². The van der Waals surface area contributed by atoms with Gasteiger partial charge < -0.3 is 14.9 Å². The average molecular weight is 313 g/mol. The van der Waals surface area contributed by atoms with E-state index in [1.165, 1.54) is 20.2 Å². The van der Waals surface area contributed by atoms with E-state index in [4.69, 9.17) is 9.57 Å². The number of rotatable bonds is 2. The van der Waals surface area contributed by atoms with Crippen molar-refractivity contribution in [1.82, 2.24) is 14.6 Å². The van der Waals surface area contributed by atoms with Crippen molar-refractivity contribution in [2.75, 3.05) is 13.7 Å². The van der Waals surface area contributed by atoms with Crippen LogP contribution in [-0.4, -0.2) is 62.2 Å². The number of carbonyl (C=O) groups excluding carboxylic acids is 1. The molecule has 0 aliphatic carbocycles. The van der Waals surface area contributed by atoms with E-state index >= 15 is 0 Å². The number of nitrogens with zero attached hydrogens (tertiary/aromatic N) is 2. The number of carbonyl (C=O) groups is 1. The van der Waals surface area contributed by atoms with Gasteiger partial charge in [0, 0.05) is 18.8 Å². The molecule has 3 N–H and O–H groups in total.